The number of hydrogen-bond acceptors (Lipinski definition) is 4. The maximum Gasteiger partial charge on any atom is 0.120 e. The van der Waals surface area contributed by atoms with Crippen LogP contribution >= 0.6 is 0 Å². The number of methoxy groups -OCH3 is 1. The normalized spacial score (nSPS) is 12.2. The van der Waals surface area contributed by atoms with Gasteiger partial charge in [-0.25, -0.2) is 0 Å². The lowest BCUT2D eigenvalue weighted by Crippen LogP contribution is -2.18. The van der Waals surface area contributed by atoms with E-state index in [1.165, 1.54) is 5.56 Å². The fraction of sp³-hybridized carbons (Fsp3) is 0.312. The van der Waals surface area contributed by atoms with E-state index in [1.54, 1.807) is 25.4 Å². The molecule has 0 aliphatic heterocycles. The zero-order valence-electron chi connectivity index (χ0n) is 12.1. The van der Waals surface area contributed by atoms with Crippen LogP contribution in [-0.4, -0.2) is 17.2 Å². The van der Waals surface area contributed by atoms with Crippen LogP contribution < -0.4 is 10.1 Å². The molecule has 0 fully saturated rings. The number of phenols is 1. The van der Waals surface area contributed by atoms with Gasteiger partial charge in [-0.3, -0.25) is 4.98 Å². The lowest BCUT2D eigenvalue weighted by Gasteiger charge is -2.16. The minimum atomic E-state index is 0.0265. The maximum absolute atomic E-state index is 9.94. The predicted octanol–water partition coefficient (Wildman–Crippen LogP) is 2.96. The van der Waals surface area contributed by atoms with E-state index in [0.717, 1.165) is 23.6 Å². The maximum atomic E-state index is 9.94. The van der Waals surface area contributed by atoms with Crippen molar-refractivity contribution in [2.75, 3.05) is 7.11 Å². The van der Waals surface area contributed by atoms with Gasteiger partial charge in [0.05, 0.1) is 7.11 Å². The summed E-state index contributed by atoms with van der Waals surface area (Å²) in [6, 6.07) is 9.31. The van der Waals surface area contributed by atoms with Gasteiger partial charge < -0.3 is 15.2 Å². The molecule has 0 aliphatic rings. The standard InChI is InChI=1S/C16H20N2O2/c1-11-8-13(6-7-17-11)10-18-12(2)15-9-14(20-3)4-5-16(15)19/h4-9,12,18-19H,10H2,1-3H3. The van der Waals surface area contributed by atoms with Gasteiger partial charge in [-0.2, -0.15) is 0 Å². The van der Waals surface area contributed by atoms with E-state index in [1.807, 2.05) is 32.0 Å². The highest BCUT2D eigenvalue weighted by atomic mass is 16.5. The molecule has 2 rings (SSSR count). The minimum Gasteiger partial charge on any atom is -0.508 e. The summed E-state index contributed by atoms with van der Waals surface area (Å²) < 4.78 is 5.19. The number of aromatic hydroxyl groups is 1. The molecule has 1 unspecified atom stereocenters. The van der Waals surface area contributed by atoms with Crippen LogP contribution in [-0.2, 0) is 6.54 Å². The minimum absolute atomic E-state index is 0.0265. The van der Waals surface area contributed by atoms with Crippen molar-refractivity contribution in [1.29, 1.82) is 0 Å². The molecule has 0 spiro atoms. The Hall–Kier alpha value is -2.07. The second-order valence-electron chi connectivity index (χ2n) is 4.83. The number of nitrogens with one attached hydrogen (secondary N) is 1. The summed E-state index contributed by atoms with van der Waals surface area (Å²) in [5, 5.41) is 13.3. The molecule has 2 N–H and O–H groups in total. The number of nitrogens with zero attached hydrogens (tertiary/aromatic N) is 1. The molecule has 1 heterocycles. The first kappa shape index (κ1) is 14.3. The summed E-state index contributed by atoms with van der Waals surface area (Å²) in [6.45, 7) is 4.71. The molecule has 0 aliphatic carbocycles. The zero-order chi connectivity index (χ0) is 14.5. The van der Waals surface area contributed by atoms with Crippen LogP contribution in [0.4, 0.5) is 0 Å². The van der Waals surface area contributed by atoms with Gasteiger partial charge in [-0.05, 0) is 49.7 Å². The average Bonchev–Trinajstić information content (AvgIpc) is 2.45. The van der Waals surface area contributed by atoms with Gasteiger partial charge in [0.2, 0.25) is 0 Å². The first-order valence-electron chi connectivity index (χ1n) is 6.62. The Bertz CT molecular complexity index is 584. The molecule has 106 valence electrons. The van der Waals surface area contributed by atoms with Crippen LogP contribution in [0.25, 0.3) is 0 Å². The Morgan fingerprint density at radius 2 is 2.10 bits per heavy atom. The highest BCUT2D eigenvalue weighted by molar-refractivity contribution is 5.41. The number of pyridine rings is 1. The number of aromatic nitrogens is 1. The van der Waals surface area contributed by atoms with E-state index in [9.17, 15) is 5.11 Å². The molecular weight excluding hydrogens is 252 g/mol. The number of rotatable bonds is 5. The van der Waals surface area contributed by atoms with E-state index in [2.05, 4.69) is 10.3 Å². The highest BCUT2D eigenvalue weighted by Gasteiger charge is 2.11. The summed E-state index contributed by atoms with van der Waals surface area (Å²) in [6.07, 6.45) is 1.81. The van der Waals surface area contributed by atoms with Crippen molar-refractivity contribution < 1.29 is 9.84 Å². The van der Waals surface area contributed by atoms with E-state index < -0.39 is 0 Å². The fourth-order valence-corrected chi connectivity index (χ4v) is 2.10. The van der Waals surface area contributed by atoms with E-state index in [0.29, 0.717) is 0 Å². The topological polar surface area (TPSA) is 54.4 Å². The van der Waals surface area contributed by atoms with Crippen molar-refractivity contribution in [1.82, 2.24) is 10.3 Å². The predicted molar refractivity (Wildman–Crippen MR) is 78.9 cm³/mol. The van der Waals surface area contributed by atoms with Crippen LogP contribution in [0.1, 0.15) is 29.8 Å². The van der Waals surface area contributed by atoms with Gasteiger partial charge in [0.25, 0.3) is 0 Å². The molecule has 1 aromatic heterocycles. The Morgan fingerprint density at radius 1 is 1.30 bits per heavy atom. The van der Waals surface area contributed by atoms with Crippen molar-refractivity contribution in [3.05, 3.63) is 53.3 Å². The number of ether oxygens (including phenoxy) is 1. The monoisotopic (exact) mass is 272 g/mol. The molecule has 1 atom stereocenters. The number of hydrogen-bond donors (Lipinski definition) is 2. The average molecular weight is 272 g/mol. The third-order valence-electron chi connectivity index (χ3n) is 3.27. The number of benzene rings is 1. The molecule has 20 heavy (non-hydrogen) atoms. The molecule has 0 radical (unpaired) electrons. The summed E-state index contributed by atoms with van der Waals surface area (Å²) >= 11 is 0. The second kappa shape index (κ2) is 6.39. The Balaban J connectivity index is 2.06. The van der Waals surface area contributed by atoms with Crippen molar-refractivity contribution >= 4 is 0 Å². The Labute approximate surface area is 119 Å². The fourth-order valence-electron chi connectivity index (χ4n) is 2.10. The third kappa shape index (κ3) is 3.48. The zero-order valence-corrected chi connectivity index (χ0v) is 12.1. The number of aryl methyl sites for hydroxylation is 1. The first-order chi connectivity index (χ1) is 9.60. The molecule has 1 aromatic carbocycles. The smallest absolute Gasteiger partial charge is 0.120 e. The quantitative estimate of drug-likeness (QED) is 0.878. The lowest BCUT2D eigenvalue weighted by atomic mass is 10.1. The van der Waals surface area contributed by atoms with E-state index >= 15 is 0 Å². The van der Waals surface area contributed by atoms with Crippen LogP contribution in [0.15, 0.2) is 36.5 Å². The largest absolute Gasteiger partial charge is 0.508 e. The van der Waals surface area contributed by atoms with Gasteiger partial charge in [-0.1, -0.05) is 0 Å². The van der Waals surface area contributed by atoms with Gasteiger partial charge >= 0.3 is 0 Å². The highest BCUT2D eigenvalue weighted by Crippen LogP contribution is 2.28. The molecule has 0 bridgehead atoms. The first-order valence-corrected chi connectivity index (χ1v) is 6.62. The van der Waals surface area contributed by atoms with Crippen molar-refractivity contribution in [3.63, 3.8) is 0 Å². The Kier molecular flexibility index (Phi) is 4.58. The summed E-state index contributed by atoms with van der Waals surface area (Å²) in [4.78, 5) is 4.18. The summed E-state index contributed by atoms with van der Waals surface area (Å²) in [7, 11) is 1.62. The van der Waals surface area contributed by atoms with Gasteiger partial charge in [0.15, 0.2) is 0 Å². The van der Waals surface area contributed by atoms with Crippen LogP contribution in [0.5, 0.6) is 11.5 Å². The Morgan fingerprint density at radius 3 is 2.80 bits per heavy atom. The van der Waals surface area contributed by atoms with E-state index in [4.69, 9.17) is 4.74 Å². The van der Waals surface area contributed by atoms with Crippen LogP contribution in [0.2, 0.25) is 0 Å². The van der Waals surface area contributed by atoms with Crippen molar-refractivity contribution in [2.45, 2.75) is 26.4 Å². The third-order valence-corrected chi connectivity index (χ3v) is 3.27. The summed E-state index contributed by atoms with van der Waals surface area (Å²) in [5.41, 5.74) is 3.00. The van der Waals surface area contributed by atoms with Gasteiger partial charge in [0, 0.05) is 30.0 Å². The molecule has 4 heteroatoms. The number of phenolic OH excluding ortho intramolecular Hbond substituents is 1. The van der Waals surface area contributed by atoms with Gasteiger partial charge in [-0.15, -0.1) is 0 Å². The summed E-state index contributed by atoms with van der Waals surface area (Å²) in [5.74, 6) is 1.02. The second-order valence-corrected chi connectivity index (χ2v) is 4.83. The molecule has 0 saturated carbocycles. The lowest BCUT2D eigenvalue weighted by molar-refractivity contribution is 0.407. The molecular formula is C16H20N2O2. The molecule has 4 nitrogen and oxygen atoms in total. The molecule has 0 saturated heterocycles. The molecule has 2 aromatic rings. The van der Waals surface area contributed by atoms with Crippen molar-refractivity contribution in [3.8, 4) is 11.5 Å². The van der Waals surface area contributed by atoms with Crippen LogP contribution in [0.3, 0.4) is 0 Å². The van der Waals surface area contributed by atoms with Crippen LogP contribution in [0, 0.1) is 6.92 Å². The SMILES string of the molecule is COc1ccc(O)c(C(C)NCc2ccnc(C)c2)c1. The van der Waals surface area contributed by atoms with Gasteiger partial charge in [0.1, 0.15) is 11.5 Å². The van der Waals surface area contributed by atoms with E-state index in [-0.39, 0.29) is 11.8 Å². The molecule has 0 amide bonds. The van der Waals surface area contributed by atoms with Crippen molar-refractivity contribution in [2.24, 2.45) is 0 Å².